The molecule has 17 heavy (non-hydrogen) atoms. The number of rotatable bonds is 3. The van der Waals surface area contributed by atoms with Gasteiger partial charge < -0.3 is 10.6 Å². The van der Waals surface area contributed by atoms with Gasteiger partial charge >= 0.3 is 0 Å². The predicted molar refractivity (Wildman–Crippen MR) is 73.0 cm³/mol. The summed E-state index contributed by atoms with van der Waals surface area (Å²) >= 11 is 0. The van der Waals surface area contributed by atoms with Crippen molar-refractivity contribution in [3.63, 3.8) is 0 Å². The number of likely N-dealkylation sites (N-methyl/N-ethyl adjacent to an activating group) is 1. The van der Waals surface area contributed by atoms with Crippen LogP contribution in [-0.2, 0) is 13.0 Å². The third kappa shape index (κ3) is 3.20. The summed E-state index contributed by atoms with van der Waals surface area (Å²) in [5, 5.41) is 0. The normalized spacial score (nSPS) is 18.5. The average Bonchev–Trinajstić information content (AvgIpc) is 2.32. The van der Waals surface area contributed by atoms with Gasteiger partial charge in [-0.1, -0.05) is 13.0 Å². The second kappa shape index (κ2) is 5.52. The molecule has 1 fully saturated rings. The molecule has 0 aromatic heterocycles. The molecule has 0 radical (unpaired) electrons. The van der Waals surface area contributed by atoms with Gasteiger partial charge in [-0.3, -0.25) is 4.90 Å². The zero-order valence-electron chi connectivity index (χ0n) is 10.9. The summed E-state index contributed by atoms with van der Waals surface area (Å²) in [5.74, 6) is 0. The molecular formula is C14H23N3. The molecule has 2 N–H and O–H groups in total. The molecule has 0 bridgehead atoms. The molecule has 1 saturated heterocycles. The van der Waals surface area contributed by atoms with E-state index in [1.807, 2.05) is 6.07 Å². The minimum Gasteiger partial charge on any atom is -0.399 e. The Morgan fingerprint density at radius 3 is 2.47 bits per heavy atom. The van der Waals surface area contributed by atoms with E-state index in [9.17, 15) is 0 Å². The SMILES string of the molecule is CCc1ccc(N)cc1CN1CCN(C)CC1. The molecule has 2 rings (SSSR count). The summed E-state index contributed by atoms with van der Waals surface area (Å²) in [6.07, 6.45) is 1.09. The van der Waals surface area contributed by atoms with Crippen molar-refractivity contribution in [1.29, 1.82) is 0 Å². The maximum Gasteiger partial charge on any atom is 0.0317 e. The largest absolute Gasteiger partial charge is 0.399 e. The smallest absolute Gasteiger partial charge is 0.0317 e. The van der Waals surface area contributed by atoms with Crippen molar-refractivity contribution in [1.82, 2.24) is 9.80 Å². The van der Waals surface area contributed by atoms with E-state index in [1.165, 1.54) is 24.2 Å². The van der Waals surface area contributed by atoms with Gasteiger partial charge in [-0.2, -0.15) is 0 Å². The van der Waals surface area contributed by atoms with Gasteiger partial charge in [0.15, 0.2) is 0 Å². The van der Waals surface area contributed by atoms with Crippen molar-refractivity contribution in [2.45, 2.75) is 19.9 Å². The van der Waals surface area contributed by atoms with Gasteiger partial charge in [-0.15, -0.1) is 0 Å². The van der Waals surface area contributed by atoms with Crippen LogP contribution < -0.4 is 5.73 Å². The van der Waals surface area contributed by atoms with Gasteiger partial charge in [0.25, 0.3) is 0 Å². The average molecular weight is 233 g/mol. The molecule has 0 amide bonds. The molecule has 0 atom stereocenters. The lowest BCUT2D eigenvalue weighted by molar-refractivity contribution is 0.148. The van der Waals surface area contributed by atoms with E-state index in [0.717, 1.165) is 31.7 Å². The fraction of sp³-hybridized carbons (Fsp3) is 0.571. The fourth-order valence-corrected chi connectivity index (χ4v) is 2.38. The maximum absolute atomic E-state index is 5.88. The molecule has 3 heteroatoms. The highest BCUT2D eigenvalue weighted by Gasteiger charge is 2.14. The number of nitrogen functional groups attached to an aromatic ring is 1. The Hall–Kier alpha value is -1.06. The van der Waals surface area contributed by atoms with E-state index >= 15 is 0 Å². The molecule has 1 aromatic rings. The van der Waals surface area contributed by atoms with Crippen LogP contribution in [0.15, 0.2) is 18.2 Å². The van der Waals surface area contributed by atoms with Gasteiger partial charge in [0.1, 0.15) is 0 Å². The van der Waals surface area contributed by atoms with Crippen LogP contribution in [0.1, 0.15) is 18.1 Å². The van der Waals surface area contributed by atoms with Gasteiger partial charge in [-0.25, -0.2) is 0 Å². The highest BCUT2D eigenvalue weighted by molar-refractivity contribution is 5.44. The molecule has 0 saturated carbocycles. The number of benzene rings is 1. The number of nitrogens with zero attached hydrogens (tertiary/aromatic N) is 2. The first-order valence-corrected chi connectivity index (χ1v) is 6.47. The topological polar surface area (TPSA) is 32.5 Å². The molecule has 1 aliphatic rings. The van der Waals surface area contributed by atoms with Crippen LogP contribution in [0.3, 0.4) is 0 Å². The van der Waals surface area contributed by atoms with E-state index in [2.05, 4.69) is 35.9 Å². The molecule has 0 spiro atoms. The standard InChI is InChI=1S/C14H23N3/c1-3-12-4-5-14(15)10-13(12)11-17-8-6-16(2)7-9-17/h4-5,10H,3,6-9,11,15H2,1-2H3. The van der Waals surface area contributed by atoms with Crippen LogP contribution in [0.4, 0.5) is 5.69 Å². The Bertz CT molecular complexity index is 368. The minimum absolute atomic E-state index is 0.881. The van der Waals surface area contributed by atoms with Crippen molar-refractivity contribution < 1.29 is 0 Å². The number of hydrogen-bond donors (Lipinski definition) is 1. The third-order valence-corrected chi connectivity index (χ3v) is 3.60. The van der Waals surface area contributed by atoms with Crippen molar-refractivity contribution in [3.8, 4) is 0 Å². The van der Waals surface area contributed by atoms with E-state index in [1.54, 1.807) is 0 Å². The number of aryl methyl sites for hydroxylation is 1. The molecule has 1 aromatic carbocycles. The summed E-state index contributed by atoms with van der Waals surface area (Å²) in [6, 6.07) is 6.31. The summed E-state index contributed by atoms with van der Waals surface area (Å²) < 4.78 is 0. The Labute approximate surface area is 104 Å². The second-order valence-electron chi connectivity index (χ2n) is 4.96. The number of anilines is 1. The fourth-order valence-electron chi connectivity index (χ4n) is 2.38. The summed E-state index contributed by atoms with van der Waals surface area (Å²) in [5.41, 5.74) is 9.59. The van der Waals surface area contributed by atoms with E-state index in [-0.39, 0.29) is 0 Å². The first-order chi connectivity index (χ1) is 8.19. The first kappa shape index (κ1) is 12.4. The Morgan fingerprint density at radius 2 is 1.82 bits per heavy atom. The van der Waals surface area contributed by atoms with Crippen molar-refractivity contribution >= 4 is 5.69 Å². The van der Waals surface area contributed by atoms with Crippen molar-refractivity contribution in [2.24, 2.45) is 0 Å². The monoisotopic (exact) mass is 233 g/mol. The molecule has 1 aliphatic heterocycles. The van der Waals surface area contributed by atoms with Crippen LogP contribution in [0.25, 0.3) is 0 Å². The molecule has 3 nitrogen and oxygen atoms in total. The van der Waals surface area contributed by atoms with Gasteiger partial charge in [0, 0.05) is 38.4 Å². The number of piperazine rings is 1. The molecule has 94 valence electrons. The third-order valence-electron chi connectivity index (χ3n) is 3.60. The highest BCUT2D eigenvalue weighted by Crippen LogP contribution is 2.17. The van der Waals surface area contributed by atoms with Gasteiger partial charge in [-0.05, 0) is 36.7 Å². The summed E-state index contributed by atoms with van der Waals surface area (Å²) in [6.45, 7) is 7.91. The highest BCUT2D eigenvalue weighted by atomic mass is 15.2. The first-order valence-electron chi connectivity index (χ1n) is 6.47. The lowest BCUT2D eigenvalue weighted by atomic mass is 10.0. The molecule has 1 heterocycles. The Morgan fingerprint density at radius 1 is 1.12 bits per heavy atom. The predicted octanol–water partition coefficient (Wildman–Crippen LogP) is 1.58. The summed E-state index contributed by atoms with van der Waals surface area (Å²) in [4.78, 5) is 4.91. The lowest BCUT2D eigenvalue weighted by Crippen LogP contribution is -2.44. The molecule has 0 aliphatic carbocycles. The maximum atomic E-state index is 5.88. The van der Waals surface area contributed by atoms with Gasteiger partial charge in [0.2, 0.25) is 0 Å². The zero-order chi connectivity index (χ0) is 12.3. The Balaban J connectivity index is 2.04. The van der Waals surface area contributed by atoms with Crippen LogP contribution in [0, 0.1) is 0 Å². The quantitative estimate of drug-likeness (QED) is 0.805. The minimum atomic E-state index is 0.881. The van der Waals surface area contributed by atoms with Crippen LogP contribution in [0.5, 0.6) is 0 Å². The van der Waals surface area contributed by atoms with E-state index in [4.69, 9.17) is 5.73 Å². The number of hydrogen-bond acceptors (Lipinski definition) is 3. The van der Waals surface area contributed by atoms with Crippen LogP contribution >= 0.6 is 0 Å². The molecular weight excluding hydrogens is 210 g/mol. The van der Waals surface area contributed by atoms with E-state index < -0.39 is 0 Å². The van der Waals surface area contributed by atoms with Crippen molar-refractivity contribution in [2.75, 3.05) is 39.0 Å². The van der Waals surface area contributed by atoms with E-state index in [0.29, 0.717) is 0 Å². The van der Waals surface area contributed by atoms with Crippen LogP contribution in [0.2, 0.25) is 0 Å². The molecule has 0 unspecified atom stereocenters. The van der Waals surface area contributed by atoms with Crippen molar-refractivity contribution in [3.05, 3.63) is 29.3 Å². The second-order valence-corrected chi connectivity index (χ2v) is 4.96. The zero-order valence-corrected chi connectivity index (χ0v) is 10.9. The lowest BCUT2D eigenvalue weighted by Gasteiger charge is -2.32. The Kier molecular flexibility index (Phi) is 4.02. The number of nitrogens with two attached hydrogens (primary N) is 1. The summed E-state index contributed by atoms with van der Waals surface area (Å²) in [7, 11) is 2.19. The van der Waals surface area contributed by atoms with Crippen LogP contribution in [-0.4, -0.2) is 43.0 Å². The van der Waals surface area contributed by atoms with Gasteiger partial charge in [0.05, 0.1) is 0 Å².